The summed E-state index contributed by atoms with van der Waals surface area (Å²) in [6, 6.07) is 3.42. The van der Waals surface area contributed by atoms with Crippen molar-refractivity contribution in [2.75, 3.05) is 26.1 Å². The summed E-state index contributed by atoms with van der Waals surface area (Å²) in [6.45, 7) is 4.81. The number of ether oxygens (including phenoxy) is 3. The molecule has 0 bridgehead atoms. The zero-order valence-electron chi connectivity index (χ0n) is 17.5. The highest BCUT2D eigenvalue weighted by Gasteiger charge is 2.30. The van der Waals surface area contributed by atoms with Gasteiger partial charge in [-0.15, -0.1) is 0 Å². The van der Waals surface area contributed by atoms with E-state index in [4.69, 9.17) is 19.2 Å². The molecule has 30 heavy (non-hydrogen) atoms. The molecule has 1 aliphatic rings. The van der Waals surface area contributed by atoms with Crippen LogP contribution in [0.3, 0.4) is 0 Å². The predicted octanol–water partition coefficient (Wildman–Crippen LogP) is 3.07. The van der Waals surface area contributed by atoms with Gasteiger partial charge in [0.05, 0.1) is 32.1 Å². The SMILES string of the molecule is COc1ncccc1NC(=O)c1cn2cc(C3CCC(C)(C)OC3)nc2c(OC)n1. The Morgan fingerprint density at radius 2 is 2.03 bits per heavy atom. The normalized spacial score (nSPS) is 18.2. The molecule has 0 aliphatic carbocycles. The van der Waals surface area contributed by atoms with Crippen molar-refractivity contribution in [3.8, 4) is 11.8 Å². The van der Waals surface area contributed by atoms with Crippen molar-refractivity contribution < 1.29 is 19.0 Å². The molecule has 1 saturated heterocycles. The molecular formula is C21H25N5O4. The maximum Gasteiger partial charge on any atom is 0.276 e. The van der Waals surface area contributed by atoms with Gasteiger partial charge < -0.3 is 19.5 Å². The van der Waals surface area contributed by atoms with Crippen molar-refractivity contribution in [2.45, 2.75) is 38.2 Å². The molecule has 4 rings (SSSR count). The fourth-order valence-corrected chi connectivity index (χ4v) is 3.50. The lowest BCUT2D eigenvalue weighted by molar-refractivity contribution is -0.0615. The van der Waals surface area contributed by atoms with Crippen LogP contribution in [-0.2, 0) is 4.74 Å². The second-order valence-corrected chi connectivity index (χ2v) is 7.85. The lowest BCUT2D eigenvalue weighted by Gasteiger charge is -2.34. The summed E-state index contributed by atoms with van der Waals surface area (Å²) in [4.78, 5) is 25.9. The zero-order chi connectivity index (χ0) is 21.3. The van der Waals surface area contributed by atoms with Gasteiger partial charge >= 0.3 is 0 Å². The first-order valence-corrected chi connectivity index (χ1v) is 9.78. The van der Waals surface area contributed by atoms with Gasteiger partial charge in [-0.3, -0.25) is 9.20 Å². The number of anilines is 1. The molecule has 1 amide bonds. The van der Waals surface area contributed by atoms with Gasteiger partial charge in [-0.2, -0.15) is 0 Å². The number of pyridine rings is 1. The van der Waals surface area contributed by atoms with Crippen molar-refractivity contribution >= 4 is 17.2 Å². The number of hydrogen-bond acceptors (Lipinski definition) is 7. The minimum absolute atomic E-state index is 0.104. The Morgan fingerprint density at radius 1 is 1.23 bits per heavy atom. The lowest BCUT2D eigenvalue weighted by Crippen LogP contribution is -2.32. The Labute approximate surface area is 174 Å². The third-order valence-corrected chi connectivity index (χ3v) is 5.25. The van der Waals surface area contributed by atoms with Crippen molar-refractivity contribution in [3.63, 3.8) is 0 Å². The largest absolute Gasteiger partial charge is 0.480 e. The number of carbonyl (C=O) groups excluding carboxylic acids is 1. The Balaban J connectivity index is 1.63. The van der Waals surface area contributed by atoms with Gasteiger partial charge in [0, 0.05) is 24.5 Å². The van der Waals surface area contributed by atoms with Crippen molar-refractivity contribution in [2.24, 2.45) is 0 Å². The van der Waals surface area contributed by atoms with Crippen molar-refractivity contribution in [1.82, 2.24) is 19.4 Å². The second kappa shape index (κ2) is 7.91. The number of nitrogens with zero attached hydrogens (tertiary/aromatic N) is 4. The van der Waals surface area contributed by atoms with Crippen LogP contribution < -0.4 is 14.8 Å². The maximum atomic E-state index is 12.8. The van der Waals surface area contributed by atoms with Crippen LogP contribution in [0.4, 0.5) is 5.69 Å². The third kappa shape index (κ3) is 3.93. The predicted molar refractivity (Wildman–Crippen MR) is 110 cm³/mol. The van der Waals surface area contributed by atoms with E-state index in [-0.39, 0.29) is 23.1 Å². The van der Waals surface area contributed by atoms with Crippen molar-refractivity contribution in [3.05, 3.63) is 42.1 Å². The van der Waals surface area contributed by atoms with Crippen LogP contribution in [0.2, 0.25) is 0 Å². The quantitative estimate of drug-likeness (QED) is 0.689. The molecular weight excluding hydrogens is 386 g/mol. The van der Waals surface area contributed by atoms with Gasteiger partial charge in [-0.25, -0.2) is 15.0 Å². The molecule has 0 aromatic carbocycles. The Hall–Kier alpha value is -3.20. The van der Waals surface area contributed by atoms with E-state index in [0.29, 0.717) is 23.8 Å². The standard InChI is InChI=1S/C21H25N5O4/c1-21(2)8-7-13(12-30-21)15-10-26-11-16(25-20(29-4)17(26)23-15)18(27)24-14-6-5-9-22-19(14)28-3/h5-6,9-11,13H,7-8,12H2,1-4H3,(H,24,27). The first kappa shape index (κ1) is 20.1. The molecule has 0 saturated carbocycles. The Bertz CT molecular complexity index is 1070. The monoisotopic (exact) mass is 411 g/mol. The first-order chi connectivity index (χ1) is 14.4. The second-order valence-electron chi connectivity index (χ2n) is 7.85. The van der Waals surface area contributed by atoms with Crippen LogP contribution in [0, 0.1) is 0 Å². The summed E-state index contributed by atoms with van der Waals surface area (Å²) >= 11 is 0. The first-order valence-electron chi connectivity index (χ1n) is 9.78. The molecule has 0 radical (unpaired) electrons. The fourth-order valence-electron chi connectivity index (χ4n) is 3.50. The van der Waals surface area contributed by atoms with Crippen molar-refractivity contribution in [1.29, 1.82) is 0 Å². The third-order valence-electron chi connectivity index (χ3n) is 5.25. The number of fused-ring (bicyclic) bond motifs is 1. The number of nitrogens with one attached hydrogen (secondary N) is 1. The summed E-state index contributed by atoms with van der Waals surface area (Å²) in [5.41, 5.74) is 2.01. The van der Waals surface area contributed by atoms with E-state index in [1.165, 1.54) is 14.2 Å². The zero-order valence-corrected chi connectivity index (χ0v) is 17.5. The number of amides is 1. The Morgan fingerprint density at radius 3 is 2.73 bits per heavy atom. The molecule has 1 fully saturated rings. The number of methoxy groups -OCH3 is 2. The molecule has 0 spiro atoms. The molecule has 1 atom stereocenters. The van der Waals surface area contributed by atoms with E-state index in [9.17, 15) is 4.79 Å². The lowest BCUT2D eigenvalue weighted by atomic mass is 9.90. The van der Waals surface area contributed by atoms with Crippen LogP contribution in [0.25, 0.3) is 5.65 Å². The highest BCUT2D eigenvalue weighted by atomic mass is 16.5. The summed E-state index contributed by atoms with van der Waals surface area (Å²) in [5, 5.41) is 2.77. The van der Waals surface area contributed by atoms with Gasteiger partial charge in [-0.05, 0) is 38.8 Å². The number of aromatic nitrogens is 4. The van der Waals surface area contributed by atoms with Crippen LogP contribution in [-0.4, -0.2) is 51.7 Å². The van der Waals surface area contributed by atoms with Gasteiger partial charge in [0.15, 0.2) is 0 Å². The maximum absolute atomic E-state index is 12.8. The van der Waals surface area contributed by atoms with Gasteiger partial charge in [-0.1, -0.05) is 0 Å². The number of hydrogen-bond donors (Lipinski definition) is 1. The van der Waals surface area contributed by atoms with Crippen LogP contribution in [0.15, 0.2) is 30.7 Å². The molecule has 9 heteroatoms. The highest BCUT2D eigenvalue weighted by Crippen LogP contribution is 2.33. The van der Waals surface area contributed by atoms with E-state index in [1.54, 1.807) is 28.9 Å². The number of rotatable bonds is 5. The molecule has 3 aromatic rings. The average molecular weight is 411 g/mol. The highest BCUT2D eigenvalue weighted by molar-refractivity contribution is 6.03. The summed E-state index contributed by atoms with van der Waals surface area (Å²) in [7, 11) is 3.00. The average Bonchev–Trinajstić information content (AvgIpc) is 3.17. The van der Waals surface area contributed by atoms with E-state index in [2.05, 4.69) is 29.1 Å². The van der Waals surface area contributed by atoms with E-state index in [1.807, 2.05) is 6.20 Å². The molecule has 4 heterocycles. The van der Waals surface area contributed by atoms with Gasteiger partial charge in [0.1, 0.15) is 11.4 Å². The summed E-state index contributed by atoms with van der Waals surface area (Å²) in [5.74, 6) is 0.396. The smallest absolute Gasteiger partial charge is 0.276 e. The minimum Gasteiger partial charge on any atom is -0.480 e. The minimum atomic E-state index is -0.403. The van der Waals surface area contributed by atoms with Gasteiger partial charge in [0.2, 0.25) is 11.5 Å². The Kier molecular flexibility index (Phi) is 5.29. The number of carbonyl (C=O) groups is 1. The summed E-state index contributed by atoms with van der Waals surface area (Å²) in [6.07, 6.45) is 7.08. The topological polar surface area (TPSA) is 99.9 Å². The molecule has 1 N–H and O–H groups in total. The van der Waals surface area contributed by atoms with Gasteiger partial charge in [0.25, 0.3) is 11.8 Å². The van der Waals surface area contributed by atoms with E-state index >= 15 is 0 Å². The molecule has 1 unspecified atom stereocenters. The molecule has 1 aliphatic heterocycles. The van der Waals surface area contributed by atoms with Crippen LogP contribution in [0.1, 0.15) is 48.8 Å². The van der Waals surface area contributed by atoms with E-state index < -0.39 is 5.91 Å². The van der Waals surface area contributed by atoms with E-state index in [0.717, 1.165) is 18.5 Å². The molecule has 9 nitrogen and oxygen atoms in total. The fraction of sp³-hybridized carbons (Fsp3) is 0.429. The molecule has 158 valence electrons. The molecule has 3 aromatic heterocycles. The van der Waals surface area contributed by atoms with Crippen LogP contribution >= 0.6 is 0 Å². The number of imidazole rings is 1. The summed E-state index contributed by atoms with van der Waals surface area (Å²) < 4.78 is 18.3. The van der Waals surface area contributed by atoms with Crippen LogP contribution in [0.5, 0.6) is 11.8 Å².